The van der Waals surface area contributed by atoms with E-state index in [0.29, 0.717) is 5.56 Å². The van der Waals surface area contributed by atoms with E-state index in [1.54, 1.807) is 41.3 Å². The van der Waals surface area contributed by atoms with Gasteiger partial charge in [0.25, 0.3) is 5.91 Å². The molecule has 0 fully saturated rings. The average Bonchev–Trinajstić information content (AvgIpc) is 3.30. The standard InChI is InChI=1S/C19H20N2O2S2/c1-13(18-5-4-10-23-18)21(3)19(22)15-6-8-17(9-7-15)25-12-16-11-24-14(2)20-16/h4-11,13H,12H2,1-3H3. The Kier molecular flexibility index (Phi) is 5.60. The Bertz CT molecular complexity index is 825. The van der Waals surface area contributed by atoms with Gasteiger partial charge in [-0.2, -0.15) is 0 Å². The van der Waals surface area contributed by atoms with Crippen LogP contribution < -0.4 is 0 Å². The van der Waals surface area contributed by atoms with Crippen LogP contribution in [0.3, 0.4) is 0 Å². The minimum Gasteiger partial charge on any atom is -0.467 e. The number of thiazole rings is 1. The number of benzene rings is 1. The number of nitrogens with zero attached hydrogens (tertiary/aromatic N) is 2. The molecule has 3 rings (SSSR count). The normalized spacial score (nSPS) is 12.1. The first-order valence-electron chi connectivity index (χ1n) is 7.99. The number of hydrogen-bond donors (Lipinski definition) is 0. The quantitative estimate of drug-likeness (QED) is 0.560. The molecule has 25 heavy (non-hydrogen) atoms. The van der Waals surface area contributed by atoms with Crippen molar-refractivity contribution in [2.24, 2.45) is 0 Å². The van der Waals surface area contributed by atoms with Crippen LogP contribution in [0, 0.1) is 6.92 Å². The van der Waals surface area contributed by atoms with Crippen LogP contribution in [0.4, 0.5) is 0 Å². The lowest BCUT2D eigenvalue weighted by molar-refractivity contribution is 0.0726. The zero-order valence-electron chi connectivity index (χ0n) is 14.4. The molecule has 0 bridgehead atoms. The number of carbonyl (C=O) groups excluding carboxylic acids is 1. The third kappa shape index (κ3) is 4.32. The second-order valence-corrected chi connectivity index (χ2v) is 7.89. The van der Waals surface area contributed by atoms with Gasteiger partial charge in [-0.05, 0) is 50.2 Å². The van der Waals surface area contributed by atoms with Gasteiger partial charge in [-0.3, -0.25) is 4.79 Å². The van der Waals surface area contributed by atoms with Gasteiger partial charge < -0.3 is 9.32 Å². The molecule has 0 aliphatic rings. The van der Waals surface area contributed by atoms with Crippen molar-refractivity contribution in [1.29, 1.82) is 0 Å². The predicted octanol–water partition coefficient (Wildman–Crippen LogP) is 5.17. The SMILES string of the molecule is Cc1nc(CSc2ccc(C(=O)N(C)C(C)c3ccco3)cc2)cs1. The maximum atomic E-state index is 12.6. The van der Waals surface area contributed by atoms with Gasteiger partial charge in [0.2, 0.25) is 0 Å². The molecule has 1 unspecified atom stereocenters. The van der Waals surface area contributed by atoms with Crippen molar-refractivity contribution in [1.82, 2.24) is 9.88 Å². The fourth-order valence-electron chi connectivity index (χ4n) is 2.42. The molecular formula is C19H20N2O2S2. The van der Waals surface area contributed by atoms with E-state index in [9.17, 15) is 4.79 Å². The fourth-order valence-corrected chi connectivity index (χ4v) is 3.93. The number of thioether (sulfide) groups is 1. The smallest absolute Gasteiger partial charge is 0.254 e. The van der Waals surface area contributed by atoms with E-state index in [-0.39, 0.29) is 11.9 Å². The van der Waals surface area contributed by atoms with Gasteiger partial charge >= 0.3 is 0 Å². The molecule has 1 atom stereocenters. The molecule has 130 valence electrons. The Morgan fingerprint density at radius 1 is 1.32 bits per heavy atom. The zero-order chi connectivity index (χ0) is 17.8. The molecule has 0 N–H and O–H groups in total. The van der Waals surface area contributed by atoms with Crippen LogP contribution in [0.2, 0.25) is 0 Å². The van der Waals surface area contributed by atoms with Gasteiger partial charge in [0, 0.05) is 28.6 Å². The molecule has 0 saturated carbocycles. The maximum absolute atomic E-state index is 12.6. The first kappa shape index (κ1) is 17.8. The first-order valence-corrected chi connectivity index (χ1v) is 9.85. The third-order valence-corrected chi connectivity index (χ3v) is 5.88. The molecule has 0 spiro atoms. The number of rotatable bonds is 6. The number of carbonyl (C=O) groups is 1. The van der Waals surface area contributed by atoms with E-state index >= 15 is 0 Å². The Balaban J connectivity index is 1.62. The van der Waals surface area contributed by atoms with Gasteiger partial charge in [-0.1, -0.05) is 0 Å². The van der Waals surface area contributed by atoms with E-state index < -0.39 is 0 Å². The molecule has 0 saturated heterocycles. The molecule has 0 aliphatic carbocycles. The number of aryl methyl sites for hydroxylation is 1. The van der Waals surface area contributed by atoms with Gasteiger partial charge in [0.15, 0.2) is 0 Å². The zero-order valence-corrected chi connectivity index (χ0v) is 16.1. The topological polar surface area (TPSA) is 46.3 Å². The van der Waals surface area contributed by atoms with Crippen LogP contribution in [0.25, 0.3) is 0 Å². The van der Waals surface area contributed by atoms with Crippen LogP contribution in [0.5, 0.6) is 0 Å². The Labute approximate surface area is 155 Å². The summed E-state index contributed by atoms with van der Waals surface area (Å²) in [5.41, 5.74) is 1.77. The van der Waals surface area contributed by atoms with Crippen molar-refractivity contribution in [2.75, 3.05) is 7.05 Å². The highest BCUT2D eigenvalue weighted by Gasteiger charge is 2.20. The molecule has 1 amide bonds. The summed E-state index contributed by atoms with van der Waals surface area (Å²) in [6, 6.07) is 11.3. The van der Waals surface area contributed by atoms with E-state index in [0.717, 1.165) is 27.1 Å². The summed E-state index contributed by atoms with van der Waals surface area (Å²) in [6.45, 7) is 3.97. The monoisotopic (exact) mass is 372 g/mol. The predicted molar refractivity (Wildman–Crippen MR) is 102 cm³/mol. The summed E-state index contributed by atoms with van der Waals surface area (Å²) < 4.78 is 5.39. The highest BCUT2D eigenvalue weighted by molar-refractivity contribution is 7.98. The first-order chi connectivity index (χ1) is 12.0. The van der Waals surface area contributed by atoms with Crippen LogP contribution >= 0.6 is 23.1 Å². The summed E-state index contributed by atoms with van der Waals surface area (Å²) in [6.07, 6.45) is 1.63. The molecule has 4 nitrogen and oxygen atoms in total. The Morgan fingerprint density at radius 2 is 2.08 bits per heavy atom. The van der Waals surface area contributed by atoms with Crippen LogP contribution in [-0.4, -0.2) is 22.8 Å². The highest BCUT2D eigenvalue weighted by atomic mass is 32.2. The van der Waals surface area contributed by atoms with E-state index in [1.807, 2.05) is 50.2 Å². The van der Waals surface area contributed by atoms with Crippen LogP contribution in [-0.2, 0) is 5.75 Å². The summed E-state index contributed by atoms with van der Waals surface area (Å²) >= 11 is 3.39. The molecule has 0 aliphatic heterocycles. The van der Waals surface area contributed by atoms with E-state index in [2.05, 4.69) is 10.4 Å². The van der Waals surface area contributed by atoms with Gasteiger partial charge in [0.1, 0.15) is 5.76 Å². The molecule has 6 heteroatoms. The van der Waals surface area contributed by atoms with Gasteiger partial charge in [0.05, 0.1) is 23.0 Å². The number of amides is 1. The number of furan rings is 1. The summed E-state index contributed by atoms with van der Waals surface area (Å²) in [7, 11) is 1.79. The molecule has 0 radical (unpaired) electrons. The minimum atomic E-state index is -0.107. The fraction of sp³-hybridized carbons (Fsp3) is 0.263. The summed E-state index contributed by atoms with van der Waals surface area (Å²) in [4.78, 5) is 19.9. The maximum Gasteiger partial charge on any atom is 0.254 e. The van der Waals surface area contributed by atoms with Crippen LogP contribution in [0.1, 0.15) is 39.8 Å². The molecule has 3 aromatic rings. The molecule has 2 heterocycles. The average molecular weight is 373 g/mol. The number of hydrogen-bond acceptors (Lipinski definition) is 5. The number of aromatic nitrogens is 1. The van der Waals surface area contributed by atoms with Gasteiger partial charge in [-0.25, -0.2) is 4.98 Å². The van der Waals surface area contributed by atoms with Crippen molar-refractivity contribution >= 4 is 29.0 Å². The second-order valence-electron chi connectivity index (χ2n) is 5.78. The van der Waals surface area contributed by atoms with Crippen molar-refractivity contribution in [2.45, 2.75) is 30.5 Å². The lowest BCUT2D eigenvalue weighted by Gasteiger charge is -2.23. The summed E-state index contributed by atoms with van der Waals surface area (Å²) in [5.74, 6) is 1.60. The lowest BCUT2D eigenvalue weighted by Crippen LogP contribution is -2.29. The largest absolute Gasteiger partial charge is 0.467 e. The minimum absolute atomic E-state index is 0.0180. The molecule has 1 aromatic carbocycles. The molecule has 2 aromatic heterocycles. The van der Waals surface area contributed by atoms with Crippen LogP contribution in [0.15, 0.2) is 57.4 Å². The van der Waals surface area contributed by atoms with Crippen molar-refractivity contribution < 1.29 is 9.21 Å². The summed E-state index contributed by atoms with van der Waals surface area (Å²) in [5, 5.41) is 3.18. The third-order valence-electron chi connectivity index (χ3n) is 4.01. The highest BCUT2D eigenvalue weighted by Crippen LogP contribution is 2.25. The van der Waals surface area contributed by atoms with Crippen molar-refractivity contribution in [3.8, 4) is 0 Å². The lowest BCUT2D eigenvalue weighted by atomic mass is 10.1. The van der Waals surface area contributed by atoms with E-state index in [1.165, 1.54) is 0 Å². The molecular weight excluding hydrogens is 352 g/mol. The Hall–Kier alpha value is -2.05. The van der Waals surface area contributed by atoms with E-state index in [4.69, 9.17) is 4.42 Å². The second kappa shape index (κ2) is 7.89. The van der Waals surface area contributed by atoms with Crippen molar-refractivity contribution in [3.05, 3.63) is 70.1 Å². The van der Waals surface area contributed by atoms with Gasteiger partial charge in [-0.15, -0.1) is 23.1 Å². The Morgan fingerprint density at radius 3 is 2.68 bits per heavy atom. The van der Waals surface area contributed by atoms with Crippen molar-refractivity contribution in [3.63, 3.8) is 0 Å².